The molecule has 5 nitrogen and oxygen atoms in total. The zero-order valence-corrected chi connectivity index (χ0v) is 8.19. The van der Waals surface area contributed by atoms with Gasteiger partial charge in [0.25, 0.3) is 0 Å². The molecule has 0 bridgehead atoms. The maximum atomic E-state index is 11.3. The Bertz CT molecular complexity index is 338. The quantitative estimate of drug-likeness (QED) is 0.595. The van der Waals surface area contributed by atoms with Gasteiger partial charge in [-0.2, -0.15) is 0 Å². The molecule has 0 aliphatic rings. The average molecular weight is 207 g/mol. The third kappa shape index (κ3) is 3.78. The maximum absolute atomic E-state index is 11.3. The highest BCUT2D eigenvalue weighted by Gasteiger charge is 2.11. The van der Waals surface area contributed by atoms with Crippen molar-refractivity contribution in [2.24, 2.45) is 5.73 Å². The van der Waals surface area contributed by atoms with Gasteiger partial charge in [-0.05, 0) is 12.1 Å². The second kappa shape index (κ2) is 5.77. The van der Waals surface area contributed by atoms with Gasteiger partial charge < -0.3 is 16.4 Å². The summed E-state index contributed by atoms with van der Waals surface area (Å²) in [6, 6.07) is 8.77. The molecule has 0 aromatic heterocycles. The monoisotopic (exact) mass is 207 g/mol. The molecule has 0 spiro atoms. The predicted octanol–water partition coefficient (Wildman–Crippen LogP) is -0.300. The molecule has 0 atom stereocenters. The lowest BCUT2D eigenvalue weighted by Crippen LogP contribution is -2.37. The number of anilines is 1. The molecule has 1 aromatic carbocycles. The van der Waals surface area contributed by atoms with E-state index in [0.717, 1.165) is 0 Å². The number of nitrogens with one attached hydrogen (secondary N) is 2. The lowest BCUT2D eigenvalue weighted by molar-refractivity contribution is -0.136. The summed E-state index contributed by atoms with van der Waals surface area (Å²) in [6.07, 6.45) is 0. The Kier molecular flexibility index (Phi) is 4.30. The van der Waals surface area contributed by atoms with Crippen molar-refractivity contribution in [2.75, 3.05) is 18.4 Å². The minimum absolute atomic E-state index is 0.293. The summed E-state index contributed by atoms with van der Waals surface area (Å²) in [5, 5.41) is 4.84. The van der Waals surface area contributed by atoms with Gasteiger partial charge in [0.2, 0.25) is 0 Å². The van der Waals surface area contributed by atoms with Crippen LogP contribution in [-0.4, -0.2) is 24.9 Å². The molecule has 2 amide bonds. The van der Waals surface area contributed by atoms with Crippen molar-refractivity contribution < 1.29 is 9.59 Å². The molecule has 0 unspecified atom stereocenters. The van der Waals surface area contributed by atoms with Crippen LogP contribution in [0.25, 0.3) is 0 Å². The Morgan fingerprint density at radius 2 is 1.80 bits per heavy atom. The van der Waals surface area contributed by atoms with Gasteiger partial charge in [0.05, 0.1) is 0 Å². The normalized spacial score (nSPS) is 9.40. The predicted molar refractivity (Wildman–Crippen MR) is 57.1 cm³/mol. The summed E-state index contributed by atoms with van der Waals surface area (Å²) in [5.74, 6) is -1.36. The second-order valence-electron chi connectivity index (χ2n) is 2.86. The third-order valence-electron chi connectivity index (χ3n) is 1.67. The summed E-state index contributed by atoms with van der Waals surface area (Å²) < 4.78 is 0. The van der Waals surface area contributed by atoms with Gasteiger partial charge in [0, 0.05) is 18.8 Å². The Balaban J connectivity index is 2.45. The molecule has 1 aromatic rings. The highest BCUT2D eigenvalue weighted by atomic mass is 16.2. The summed E-state index contributed by atoms with van der Waals surface area (Å²) in [7, 11) is 0. The van der Waals surface area contributed by atoms with Crippen molar-refractivity contribution in [3.8, 4) is 0 Å². The first-order chi connectivity index (χ1) is 7.24. The maximum Gasteiger partial charge on any atom is 0.313 e. The standard InChI is InChI=1S/C10H13N3O2/c11-6-7-12-9(14)10(15)13-8-4-2-1-3-5-8/h1-5H,6-7,11H2,(H,12,14)(H,13,15). The van der Waals surface area contributed by atoms with Crippen LogP contribution < -0.4 is 16.4 Å². The molecule has 0 saturated heterocycles. The van der Waals surface area contributed by atoms with Gasteiger partial charge in [-0.25, -0.2) is 0 Å². The third-order valence-corrected chi connectivity index (χ3v) is 1.67. The molecule has 80 valence electrons. The first-order valence-electron chi connectivity index (χ1n) is 4.58. The van der Waals surface area contributed by atoms with Crippen molar-refractivity contribution in [1.82, 2.24) is 5.32 Å². The van der Waals surface area contributed by atoms with E-state index in [2.05, 4.69) is 10.6 Å². The Morgan fingerprint density at radius 3 is 2.40 bits per heavy atom. The highest BCUT2D eigenvalue weighted by molar-refractivity contribution is 6.39. The summed E-state index contributed by atoms with van der Waals surface area (Å²) >= 11 is 0. The number of hydrogen-bond donors (Lipinski definition) is 3. The molecule has 0 fully saturated rings. The van der Waals surface area contributed by atoms with Crippen LogP contribution in [0.5, 0.6) is 0 Å². The van der Waals surface area contributed by atoms with Gasteiger partial charge >= 0.3 is 11.8 Å². The molecule has 5 heteroatoms. The van der Waals surface area contributed by atoms with Crippen molar-refractivity contribution in [3.63, 3.8) is 0 Å². The van der Waals surface area contributed by atoms with Gasteiger partial charge in [0.1, 0.15) is 0 Å². The lowest BCUT2D eigenvalue weighted by Gasteiger charge is -2.04. The van der Waals surface area contributed by atoms with Crippen molar-refractivity contribution >= 4 is 17.5 Å². The molecule has 0 heterocycles. The van der Waals surface area contributed by atoms with E-state index in [1.807, 2.05) is 6.07 Å². The van der Waals surface area contributed by atoms with Gasteiger partial charge in [-0.3, -0.25) is 9.59 Å². The van der Waals surface area contributed by atoms with Crippen LogP contribution in [0.2, 0.25) is 0 Å². The Labute approximate surface area is 87.7 Å². The van der Waals surface area contributed by atoms with Crippen molar-refractivity contribution in [1.29, 1.82) is 0 Å². The van der Waals surface area contributed by atoms with Crippen LogP contribution >= 0.6 is 0 Å². The van der Waals surface area contributed by atoms with E-state index in [1.165, 1.54) is 0 Å². The lowest BCUT2D eigenvalue weighted by atomic mass is 10.3. The Hall–Kier alpha value is -1.88. The summed E-state index contributed by atoms with van der Waals surface area (Å²) in [4.78, 5) is 22.4. The fraction of sp³-hybridized carbons (Fsp3) is 0.200. The minimum atomic E-state index is -0.686. The van der Waals surface area contributed by atoms with E-state index in [9.17, 15) is 9.59 Å². The van der Waals surface area contributed by atoms with E-state index in [4.69, 9.17) is 5.73 Å². The van der Waals surface area contributed by atoms with Gasteiger partial charge in [-0.15, -0.1) is 0 Å². The molecule has 0 radical (unpaired) electrons. The van der Waals surface area contributed by atoms with Crippen LogP contribution in [-0.2, 0) is 9.59 Å². The molecule has 4 N–H and O–H groups in total. The molecular formula is C10H13N3O2. The van der Waals surface area contributed by atoms with Crippen LogP contribution in [0.4, 0.5) is 5.69 Å². The van der Waals surface area contributed by atoms with E-state index in [0.29, 0.717) is 18.8 Å². The van der Waals surface area contributed by atoms with Gasteiger partial charge in [0.15, 0.2) is 0 Å². The molecule has 1 rings (SSSR count). The zero-order valence-electron chi connectivity index (χ0n) is 8.19. The zero-order chi connectivity index (χ0) is 11.1. The van der Waals surface area contributed by atoms with E-state index >= 15 is 0 Å². The van der Waals surface area contributed by atoms with E-state index < -0.39 is 11.8 Å². The van der Waals surface area contributed by atoms with E-state index in [-0.39, 0.29) is 0 Å². The number of carbonyl (C=O) groups is 2. The number of hydrogen-bond acceptors (Lipinski definition) is 3. The van der Waals surface area contributed by atoms with Crippen LogP contribution in [0.15, 0.2) is 30.3 Å². The largest absolute Gasteiger partial charge is 0.347 e. The fourth-order valence-corrected chi connectivity index (χ4v) is 0.975. The van der Waals surface area contributed by atoms with Crippen LogP contribution in [0.3, 0.4) is 0 Å². The van der Waals surface area contributed by atoms with Crippen molar-refractivity contribution in [2.45, 2.75) is 0 Å². The van der Waals surface area contributed by atoms with Crippen molar-refractivity contribution in [3.05, 3.63) is 30.3 Å². The number of rotatable bonds is 3. The Morgan fingerprint density at radius 1 is 1.13 bits per heavy atom. The first kappa shape index (κ1) is 11.2. The molecule has 0 saturated carbocycles. The summed E-state index contributed by atoms with van der Waals surface area (Å²) in [5.41, 5.74) is 5.77. The number of nitrogens with two attached hydrogens (primary N) is 1. The average Bonchev–Trinajstić information content (AvgIpc) is 2.27. The van der Waals surface area contributed by atoms with Gasteiger partial charge in [-0.1, -0.05) is 18.2 Å². The minimum Gasteiger partial charge on any atom is -0.347 e. The number of carbonyl (C=O) groups excluding carboxylic acids is 2. The molecule has 0 aliphatic carbocycles. The summed E-state index contributed by atoms with van der Waals surface area (Å²) in [6.45, 7) is 0.603. The van der Waals surface area contributed by atoms with E-state index in [1.54, 1.807) is 24.3 Å². The van der Waals surface area contributed by atoms with Crippen LogP contribution in [0.1, 0.15) is 0 Å². The molecule has 0 aliphatic heterocycles. The number of para-hydroxylation sites is 1. The first-order valence-corrected chi connectivity index (χ1v) is 4.58. The smallest absolute Gasteiger partial charge is 0.313 e. The van der Waals surface area contributed by atoms with Crippen LogP contribution in [0, 0.1) is 0 Å². The second-order valence-corrected chi connectivity index (χ2v) is 2.86. The SMILES string of the molecule is NCCNC(=O)C(=O)Nc1ccccc1. The topological polar surface area (TPSA) is 84.2 Å². The highest BCUT2D eigenvalue weighted by Crippen LogP contribution is 2.03. The molecular weight excluding hydrogens is 194 g/mol. The number of benzene rings is 1. The fourth-order valence-electron chi connectivity index (χ4n) is 0.975. The number of amides is 2. The molecule has 15 heavy (non-hydrogen) atoms.